The van der Waals surface area contributed by atoms with Crippen LogP contribution in [0.5, 0.6) is 0 Å². The van der Waals surface area contributed by atoms with Gasteiger partial charge in [-0.15, -0.1) is 0 Å². The van der Waals surface area contributed by atoms with Crippen LogP contribution in [0.4, 0.5) is 0 Å². The van der Waals surface area contributed by atoms with Crippen LogP contribution in [-0.4, -0.2) is 6.29 Å². The normalized spacial score (nSPS) is 9.50. The molecule has 2 heteroatoms. The zero-order chi connectivity index (χ0) is 7.66. The minimum absolute atomic E-state index is 0.567. The van der Waals surface area contributed by atoms with E-state index in [2.05, 4.69) is 0 Å². The zero-order valence-corrected chi connectivity index (χ0v) is 5.92. The SMILES string of the molecule is N#CCC/C=C\CCC=O. The van der Waals surface area contributed by atoms with Gasteiger partial charge in [0.25, 0.3) is 0 Å². The summed E-state index contributed by atoms with van der Waals surface area (Å²) >= 11 is 0. The Kier molecular flexibility index (Phi) is 7.03. The van der Waals surface area contributed by atoms with Crippen molar-refractivity contribution in [2.45, 2.75) is 25.7 Å². The molecule has 0 atom stereocenters. The highest BCUT2D eigenvalue weighted by Crippen LogP contribution is 1.92. The van der Waals surface area contributed by atoms with Crippen molar-refractivity contribution < 1.29 is 4.79 Å². The van der Waals surface area contributed by atoms with Crippen molar-refractivity contribution in [3.05, 3.63) is 12.2 Å². The molecular weight excluding hydrogens is 126 g/mol. The van der Waals surface area contributed by atoms with Gasteiger partial charge in [0.2, 0.25) is 0 Å². The van der Waals surface area contributed by atoms with E-state index in [1.54, 1.807) is 0 Å². The zero-order valence-electron chi connectivity index (χ0n) is 5.92. The van der Waals surface area contributed by atoms with Gasteiger partial charge in [-0.1, -0.05) is 12.2 Å². The van der Waals surface area contributed by atoms with Crippen molar-refractivity contribution in [2.24, 2.45) is 0 Å². The molecule has 0 aliphatic rings. The number of nitrogens with zero attached hydrogens (tertiary/aromatic N) is 1. The Morgan fingerprint density at radius 3 is 2.50 bits per heavy atom. The van der Waals surface area contributed by atoms with Gasteiger partial charge in [-0.25, -0.2) is 0 Å². The first kappa shape index (κ1) is 8.90. The number of aldehydes is 1. The van der Waals surface area contributed by atoms with Crippen LogP contribution in [0, 0.1) is 11.3 Å². The summed E-state index contributed by atoms with van der Waals surface area (Å²) in [4.78, 5) is 9.81. The monoisotopic (exact) mass is 137 g/mol. The lowest BCUT2D eigenvalue weighted by molar-refractivity contribution is -0.107. The summed E-state index contributed by atoms with van der Waals surface area (Å²) in [5.41, 5.74) is 0. The quantitative estimate of drug-likeness (QED) is 0.329. The molecule has 0 aromatic rings. The molecule has 0 saturated heterocycles. The van der Waals surface area contributed by atoms with Gasteiger partial charge in [0.1, 0.15) is 6.29 Å². The molecule has 0 amide bonds. The van der Waals surface area contributed by atoms with Crippen LogP contribution in [0.15, 0.2) is 12.2 Å². The van der Waals surface area contributed by atoms with Gasteiger partial charge < -0.3 is 4.79 Å². The first-order chi connectivity index (χ1) is 4.91. The van der Waals surface area contributed by atoms with Gasteiger partial charge in [0.05, 0.1) is 6.07 Å². The number of rotatable bonds is 5. The summed E-state index contributed by atoms with van der Waals surface area (Å²) in [6.45, 7) is 0. The Morgan fingerprint density at radius 1 is 1.20 bits per heavy atom. The van der Waals surface area contributed by atoms with Crippen molar-refractivity contribution in [3.8, 4) is 6.07 Å². The fourth-order valence-electron chi connectivity index (χ4n) is 0.548. The molecule has 0 aliphatic heterocycles. The predicted octanol–water partition coefficient (Wildman–Crippen LogP) is 1.83. The second-order valence-electron chi connectivity index (χ2n) is 1.91. The number of hydrogen-bond donors (Lipinski definition) is 0. The third-order valence-corrected chi connectivity index (χ3v) is 1.04. The standard InChI is InChI=1S/C8H11NO/c9-7-5-3-1-2-4-6-8-10/h1-2,8H,3-6H2/b2-1-. The van der Waals surface area contributed by atoms with Gasteiger partial charge >= 0.3 is 0 Å². The van der Waals surface area contributed by atoms with Crippen molar-refractivity contribution in [1.29, 1.82) is 5.26 Å². The van der Waals surface area contributed by atoms with Gasteiger partial charge in [0, 0.05) is 12.8 Å². The molecular formula is C8H11NO. The second-order valence-corrected chi connectivity index (χ2v) is 1.91. The lowest BCUT2D eigenvalue weighted by Gasteiger charge is -1.82. The molecule has 0 radical (unpaired) electrons. The summed E-state index contributed by atoms with van der Waals surface area (Å²) in [6.07, 6.45) is 7.53. The Bertz CT molecular complexity index is 144. The van der Waals surface area contributed by atoms with Crippen LogP contribution < -0.4 is 0 Å². The largest absolute Gasteiger partial charge is 0.303 e. The Hall–Kier alpha value is -1.10. The van der Waals surface area contributed by atoms with E-state index in [1.807, 2.05) is 18.2 Å². The third kappa shape index (κ3) is 6.90. The summed E-state index contributed by atoms with van der Waals surface area (Å²) in [6, 6.07) is 2.04. The molecule has 0 rings (SSSR count). The molecule has 0 heterocycles. The molecule has 0 bridgehead atoms. The van der Waals surface area contributed by atoms with Gasteiger partial charge in [-0.3, -0.25) is 0 Å². The third-order valence-electron chi connectivity index (χ3n) is 1.04. The number of nitriles is 1. The summed E-state index contributed by atoms with van der Waals surface area (Å²) in [5, 5.41) is 8.13. The van der Waals surface area contributed by atoms with Crippen LogP contribution in [0.3, 0.4) is 0 Å². The molecule has 54 valence electrons. The van der Waals surface area contributed by atoms with Gasteiger partial charge in [-0.2, -0.15) is 5.26 Å². The summed E-state index contributed by atoms with van der Waals surface area (Å²) < 4.78 is 0. The predicted molar refractivity (Wildman–Crippen MR) is 39.3 cm³/mol. The van der Waals surface area contributed by atoms with Gasteiger partial charge in [0.15, 0.2) is 0 Å². The molecule has 0 N–H and O–H groups in total. The molecule has 0 aromatic heterocycles. The maximum atomic E-state index is 9.81. The van der Waals surface area contributed by atoms with Crippen LogP contribution in [-0.2, 0) is 4.79 Å². The fraction of sp³-hybridized carbons (Fsp3) is 0.500. The maximum absolute atomic E-state index is 9.81. The highest BCUT2D eigenvalue weighted by molar-refractivity contribution is 5.49. The van der Waals surface area contributed by atoms with Crippen molar-refractivity contribution in [2.75, 3.05) is 0 Å². The van der Waals surface area contributed by atoms with E-state index in [1.165, 1.54) is 0 Å². The number of allylic oxidation sites excluding steroid dienone is 2. The van der Waals surface area contributed by atoms with Gasteiger partial charge in [-0.05, 0) is 12.8 Å². The first-order valence-corrected chi connectivity index (χ1v) is 3.37. The van der Waals surface area contributed by atoms with Crippen LogP contribution >= 0.6 is 0 Å². The minimum Gasteiger partial charge on any atom is -0.303 e. The van der Waals surface area contributed by atoms with Crippen LogP contribution in [0.25, 0.3) is 0 Å². The highest BCUT2D eigenvalue weighted by atomic mass is 16.1. The molecule has 0 fully saturated rings. The Labute approximate surface area is 61.2 Å². The molecule has 2 nitrogen and oxygen atoms in total. The average molecular weight is 137 g/mol. The van der Waals surface area contributed by atoms with Crippen LogP contribution in [0.1, 0.15) is 25.7 Å². The number of carbonyl (C=O) groups is 1. The minimum atomic E-state index is 0.567. The van der Waals surface area contributed by atoms with E-state index in [0.29, 0.717) is 12.8 Å². The van der Waals surface area contributed by atoms with E-state index in [4.69, 9.17) is 5.26 Å². The Balaban J connectivity index is 3.05. The summed E-state index contributed by atoms with van der Waals surface area (Å²) in [7, 11) is 0. The second kappa shape index (κ2) is 7.90. The smallest absolute Gasteiger partial charge is 0.120 e. The van der Waals surface area contributed by atoms with E-state index in [0.717, 1.165) is 19.1 Å². The van der Waals surface area contributed by atoms with E-state index in [9.17, 15) is 4.79 Å². The van der Waals surface area contributed by atoms with E-state index in [-0.39, 0.29) is 0 Å². The van der Waals surface area contributed by atoms with Crippen molar-refractivity contribution in [1.82, 2.24) is 0 Å². The molecule has 0 aliphatic carbocycles. The van der Waals surface area contributed by atoms with E-state index < -0.39 is 0 Å². The topological polar surface area (TPSA) is 40.9 Å². The molecule has 0 spiro atoms. The molecule has 10 heavy (non-hydrogen) atoms. The first-order valence-electron chi connectivity index (χ1n) is 3.37. The number of unbranched alkanes of at least 4 members (excludes halogenated alkanes) is 2. The van der Waals surface area contributed by atoms with E-state index >= 15 is 0 Å². The maximum Gasteiger partial charge on any atom is 0.120 e. The van der Waals surface area contributed by atoms with Crippen molar-refractivity contribution >= 4 is 6.29 Å². The Morgan fingerprint density at radius 2 is 1.90 bits per heavy atom. The summed E-state index contributed by atoms with van der Waals surface area (Å²) in [5.74, 6) is 0. The lowest BCUT2D eigenvalue weighted by Crippen LogP contribution is -1.70. The molecule has 0 aromatic carbocycles. The highest BCUT2D eigenvalue weighted by Gasteiger charge is 1.78. The lowest BCUT2D eigenvalue weighted by atomic mass is 10.2. The van der Waals surface area contributed by atoms with Crippen molar-refractivity contribution in [3.63, 3.8) is 0 Å². The fourth-order valence-corrected chi connectivity index (χ4v) is 0.548. The molecule has 0 saturated carbocycles. The van der Waals surface area contributed by atoms with Crippen LogP contribution in [0.2, 0.25) is 0 Å². The number of hydrogen-bond acceptors (Lipinski definition) is 2. The average Bonchev–Trinajstić information content (AvgIpc) is 1.97. The molecule has 0 unspecified atom stereocenters. The number of carbonyl (C=O) groups excluding carboxylic acids is 1.